The number of carbonyl (C=O) groups excluding carboxylic acids is 1. The standard InChI is InChI=1S/C21H23F3N2O/c1-15(16-7-9-17(10-8-16)21(22,23)24)13-20(27)25-18-5-4-6-19(14-18)26-11-2-3-12-26/h4-10,14-15H,2-3,11-13H2,1H3,(H,25,27). The summed E-state index contributed by atoms with van der Waals surface area (Å²) in [5.41, 5.74) is 1.87. The SMILES string of the molecule is CC(CC(=O)Nc1cccc(N2CCCC2)c1)c1ccc(C(F)(F)F)cc1. The minimum atomic E-state index is -4.35. The van der Waals surface area contributed by atoms with E-state index in [0.717, 1.165) is 36.6 Å². The summed E-state index contributed by atoms with van der Waals surface area (Å²) >= 11 is 0. The van der Waals surface area contributed by atoms with Crippen LogP contribution in [0.1, 0.15) is 43.2 Å². The molecule has 1 aliphatic rings. The Morgan fingerprint density at radius 2 is 1.78 bits per heavy atom. The van der Waals surface area contributed by atoms with E-state index in [1.165, 1.54) is 25.0 Å². The second-order valence-corrected chi connectivity index (χ2v) is 7.02. The van der Waals surface area contributed by atoms with Crippen LogP contribution in [0, 0.1) is 0 Å². The molecule has 3 rings (SSSR count). The van der Waals surface area contributed by atoms with Gasteiger partial charge in [-0.2, -0.15) is 13.2 Å². The predicted octanol–water partition coefficient (Wildman–Crippen LogP) is 5.44. The van der Waals surface area contributed by atoms with E-state index in [9.17, 15) is 18.0 Å². The van der Waals surface area contributed by atoms with Gasteiger partial charge in [0.15, 0.2) is 0 Å². The summed E-state index contributed by atoms with van der Waals surface area (Å²) in [6.45, 7) is 3.90. The van der Waals surface area contributed by atoms with Gasteiger partial charge in [-0.05, 0) is 54.7 Å². The molecular formula is C21H23F3N2O. The zero-order valence-electron chi connectivity index (χ0n) is 15.2. The van der Waals surface area contributed by atoms with Gasteiger partial charge in [0.2, 0.25) is 5.91 Å². The minimum absolute atomic E-state index is 0.152. The minimum Gasteiger partial charge on any atom is -0.371 e. The molecule has 0 bridgehead atoms. The highest BCUT2D eigenvalue weighted by atomic mass is 19.4. The van der Waals surface area contributed by atoms with Gasteiger partial charge < -0.3 is 10.2 Å². The molecule has 0 saturated carbocycles. The Morgan fingerprint density at radius 3 is 2.41 bits per heavy atom. The molecule has 3 nitrogen and oxygen atoms in total. The van der Waals surface area contributed by atoms with Crippen LogP contribution < -0.4 is 10.2 Å². The Hall–Kier alpha value is -2.50. The Balaban J connectivity index is 1.59. The van der Waals surface area contributed by atoms with Crippen molar-refractivity contribution in [1.29, 1.82) is 0 Å². The number of anilines is 2. The molecule has 1 atom stereocenters. The lowest BCUT2D eigenvalue weighted by molar-refractivity contribution is -0.137. The second-order valence-electron chi connectivity index (χ2n) is 7.02. The predicted molar refractivity (Wildman–Crippen MR) is 101 cm³/mol. The van der Waals surface area contributed by atoms with Gasteiger partial charge in [-0.1, -0.05) is 25.1 Å². The maximum Gasteiger partial charge on any atom is 0.416 e. The highest BCUT2D eigenvalue weighted by molar-refractivity contribution is 5.91. The molecule has 1 N–H and O–H groups in total. The summed E-state index contributed by atoms with van der Waals surface area (Å²) in [4.78, 5) is 14.6. The number of nitrogens with zero attached hydrogens (tertiary/aromatic N) is 1. The van der Waals surface area contributed by atoms with Crippen molar-refractivity contribution in [3.63, 3.8) is 0 Å². The average molecular weight is 376 g/mol. The number of hydrogen-bond donors (Lipinski definition) is 1. The Kier molecular flexibility index (Phi) is 5.73. The van der Waals surface area contributed by atoms with Crippen LogP contribution in [0.15, 0.2) is 48.5 Å². The number of amides is 1. The number of carbonyl (C=O) groups is 1. The fraction of sp³-hybridized carbons (Fsp3) is 0.381. The number of hydrogen-bond acceptors (Lipinski definition) is 2. The lowest BCUT2D eigenvalue weighted by atomic mass is 9.96. The van der Waals surface area contributed by atoms with E-state index in [1.54, 1.807) is 0 Å². The quantitative estimate of drug-likeness (QED) is 0.754. The van der Waals surface area contributed by atoms with Gasteiger partial charge in [-0.25, -0.2) is 0 Å². The van der Waals surface area contributed by atoms with Crippen molar-refractivity contribution in [3.8, 4) is 0 Å². The van der Waals surface area contributed by atoms with Gasteiger partial charge in [0.05, 0.1) is 5.56 Å². The molecule has 144 valence electrons. The maximum absolute atomic E-state index is 12.7. The molecule has 1 aliphatic heterocycles. The third kappa shape index (κ3) is 5.02. The zero-order valence-corrected chi connectivity index (χ0v) is 15.2. The van der Waals surface area contributed by atoms with Crippen molar-refractivity contribution < 1.29 is 18.0 Å². The third-order valence-corrected chi connectivity index (χ3v) is 4.90. The smallest absolute Gasteiger partial charge is 0.371 e. The highest BCUT2D eigenvalue weighted by Gasteiger charge is 2.30. The Labute approximate surface area is 157 Å². The molecule has 6 heteroatoms. The number of benzene rings is 2. The largest absolute Gasteiger partial charge is 0.416 e. The number of halogens is 3. The van der Waals surface area contributed by atoms with Gasteiger partial charge in [0.25, 0.3) is 0 Å². The van der Waals surface area contributed by atoms with Crippen LogP contribution in [-0.2, 0) is 11.0 Å². The van der Waals surface area contributed by atoms with E-state index >= 15 is 0 Å². The van der Waals surface area contributed by atoms with Crippen molar-refractivity contribution >= 4 is 17.3 Å². The molecule has 2 aromatic carbocycles. The van der Waals surface area contributed by atoms with Crippen LogP contribution in [0.2, 0.25) is 0 Å². The van der Waals surface area contributed by atoms with Crippen molar-refractivity contribution in [3.05, 3.63) is 59.7 Å². The second kappa shape index (κ2) is 8.03. The van der Waals surface area contributed by atoms with Crippen LogP contribution in [-0.4, -0.2) is 19.0 Å². The van der Waals surface area contributed by atoms with E-state index in [1.807, 2.05) is 31.2 Å². The molecule has 0 aliphatic carbocycles. The van der Waals surface area contributed by atoms with Gasteiger partial charge in [0.1, 0.15) is 0 Å². The summed E-state index contributed by atoms with van der Waals surface area (Å²) in [5.74, 6) is -0.324. The van der Waals surface area contributed by atoms with E-state index < -0.39 is 11.7 Å². The first-order chi connectivity index (χ1) is 12.8. The normalized spacial score (nSPS) is 15.6. The number of rotatable bonds is 5. The molecule has 0 spiro atoms. The Bertz CT molecular complexity index is 781. The average Bonchev–Trinajstić information content (AvgIpc) is 3.16. The Morgan fingerprint density at radius 1 is 1.11 bits per heavy atom. The number of nitrogens with one attached hydrogen (secondary N) is 1. The third-order valence-electron chi connectivity index (χ3n) is 4.90. The molecule has 0 radical (unpaired) electrons. The van der Waals surface area contributed by atoms with E-state index in [-0.39, 0.29) is 18.2 Å². The van der Waals surface area contributed by atoms with E-state index in [0.29, 0.717) is 5.56 Å². The lowest BCUT2D eigenvalue weighted by Gasteiger charge is -2.19. The van der Waals surface area contributed by atoms with Gasteiger partial charge in [-0.3, -0.25) is 4.79 Å². The summed E-state index contributed by atoms with van der Waals surface area (Å²) in [6, 6.07) is 12.8. The lowest BCUT2D eigenvalue weighted by Crippen LogP contribution is -2.18. The van der Waals surface area contributed by atoms with Crippen LogP contribution in [0.3, 0.4) is 0 Å². The molecule has 27 heavy (non-hydrogen) atoms. The van der Waals surface area contributed by atoms with Gasteiger partial charge in [-0.15, -0.1) is 0 Å². The van der Waals surface area contributed by atoms with E-state index in [2.05, 4.69) is 10.2 Å². The molecule has 0 aromatic heterocycles. The molecule has 1 fully saturated rings. The molecule has 1 saturated heterocycles. The van der Waals surface area contributed by atoms with Crippen molar-refractivity contribution in [2.24, 2.45) is 0 Å². The topological polar surface area (TPSA) is 32.3 Å². The monoisotopic (exact) mass is 376 g/mol. The van der Waals surface area contributed by atoms with Crippen LogP contribution in [0.25, 0.3) is 0 Å². The van der Waals surface area contributed by atoms with Gasteiger partial charge in [0, 0.05) is 30.9 Å². The fourth-order valence-corrected chi connectivity index (χ4v) is 3.36. The molecular weight excluding hydrogens is 353 g/mol. The van der Waals surface area contributed by atoms with Gasteiger partial charge >= 0.3 is 6.18 Å². The first kappa shape index (κ1) is 19.3. The molecule has 1 amide bonds. The van der Waals surface area contributed by atoms with E-state index in [4.69, 9.17) is 0 Å². The van der Waals surface area contributed by atoms with Crippen molar-refractivity contribution in [2.75, 3.05) is 23.3 Å². The summed E-state index contributed by atoms with van der Waals surface area (Å²) in [5, 5.41) is 2.90. The highest BCUT2D eigenvalue weighted by Crippen LogP contribution is 2.31. The first-order valence-corrected chi connectivity index (χ1v) is 9.15. The van der Waals surface area contributed by atoms with Crippen LogP contribution in [0.5, 0.6) is 0 Å². The van der Waals surface area contributed by atoms with Crippen LogP contribution in [0.4, 0.5) is 24.5 Å². The summed E-state index contributed by atoms with van der Waals surface area (Å²) in [6.07, 6.45) is -1.78. The van der Waals surface area contributed by atoms with Crippen molar-refractivity contribution in [1.82, 2.24) is 0 Å². The molecule has 2 aromatic rings. The van der Waals surface area contributed by atoms with Crippen LogP contribution >= 0.6 is 0 Å². The molecule has 1 unspecified atom stereocenters. The summed E-state index contributed by atoms with van der Waals surface area (Å²) in [7, 11) is 0. The van der Waals surface area contributed by atoms with Crippen molar-refractivity contribution in [2.45, 2.75) is 38.3 Å². The fourth-order valence-electron chi connectivity index (χ4n) is 3.36. The number of alkyl halides is 3. The summed E-state index contributed by atoms with van der Waals surface area (Å²) < 4.78 is 38.0. The maximum atomic E-state index is 12.7. The zero-order chi connectivity index (χ0) is 19.4. The first-order valence-electron chi connectivity index (χ1n) is 9.15. The molecule has 1 heterocycles.